The van der Waals surface area contributed by atoms with Gasteiger partial charge in [-0.05, 0) is 24.6 Å². The minimum absolute atomic E-state index is 0.247. The zero-order valence-corrected chi connectivity index (χ0v) is 11.7. The third-order valence-corrected chi connectivity index (χ3v) is 3.57. The molecule has 1 aliphatic heterocycles. The van der Waals surface area contributed by atoms with Gasteiger partial charge in [-0.2, -0.15) is 13.2 Å². The molecule has 0 radical (unpaired) electrons. The van der Waals surface area contributed by atoms with Gasteiger partial charge in [0.05, 0.1) is 18.3 Å². The molecule has 1 atom stereocenters. The first kappa shape index (κ1) is 16.0. The van der Waals surface area contributed by atoms with E-state index in [1.165, 1.54) is 11.0 Å². The number of hydrogen-bond donors (Lipinski definition) is 1. The Bertz CT molecular complexity index is 482. The second kappa shape index (κ2) is 6.19. The van der Waals surface area contributed by atoms with E-state index in [2.05, 4.69) is 0 Å². The van der Waals surface area contributed by atoms with E-state index < -0.39 is 24.6 Å². The molecule has 0 spiro atoms. The van der Waals surface area contributed by atoms with Crippen LogP contribution in [0.3, 0.4) is 0 Å². The molecule has 118 valence electrons. The fraction of sp³-hybridized carbons (Fsp3) is 0.571. The van der Waals surface area contributed by atoms with Crippen LogP contribution < -0.4 is 4.90 Å². The molecule has 1 aliphatic rings. The Balaban J connectivity index is 1.99. The lowest BCUT2D eigenvalue weighted by Gasteiger charge is -2.36. The summed E-state index contributed by atoms with van der Waals surface area (Å²) in [6.07, 6.45) is -4.95. The standard InChI is InChI=1S/C14H18F4N2O/c1-10(21)11-2-3-13(12(15)8-11)20-6-4-19(5-7-20)9-14(16,17)18/h2-3,8,10,21H,4-7,9H2,1H3/t10-/m1/s1. The van der Waals surface area contributed by atoms with E-state index in [1.54, 1.807) is 24.0 Å². The van der Waals surface area contributed by atoms with Crippen LogP contribution in [0.4, 0.5) is 23.2 Å². The number of rotatable bonds is 3. The molecule has 3 nitrogen and oxygen atoms in total. The lowest BCUT2D eigenvalue weighted by atomic mass is 10.1. The molecule has 1 aromatic rings. The van der Waals surface area contributed by atoms with Gasteiger partial charge >= 0.3 is 6.18 Å². The van der Waals surface area contributed by atoms with Crippen LogP contribution >= 0.6 is 0 Å². The summed E-state index contributed by atoms with van der Waals surface area (Å²) in [5, 5.41) is 9.40. The van der Waals surface area contributed by atoms with Crippen molar-refractivity contribution < 1.29 is 22.7 Å². The topological polar surface area (TPSA) is 26.7 Å². The molecule has 1 N–H and O–H groups in total. The lowest BCUT2D eigenvalue weighted by Crippen LogP contribution is -2.49. The fourth-order valence-electron chi connectivity index (χ4n) is 2.44. The Labute approximate surface area is 120 Å². The van der Waals surface area contributed by atoms with Gasteiger partial charge in [-0.15, -0.1) is 0 Å². The number of halogens is 4. The molecule has 0 unspecified atom stereocenters. The number of alkyl halides is 3. The Hall–Kier alpha value is -1.34. The molecule has 1 saturated heterocycles. The van der Waals surface area contributed by atoms with Gasteiger partial charge in [0, 0.05) is 26.2 Å². The number of aliphatic hydroxyl groups excluding tert-OH is 1. The van der Waals surface area contributed by atoms with E-state index in [-0.39, 0.29) is 13.1 Å². The predicted molar refractivity (Wildman–Crippen MR) is 71.7 cm³/mol. The van der Waals surface area contributed by atoms with Crippen LogP contribution in [0.15, 0.2) is 18.2 Å². The van der Waals surface area contributed by atoms with Gasteiger partial charge in [0.25, 0.3) is 0 Å². The van der Waals surface area contributed by atoms with E-state index in [0.717, 1.165) is 0 Å². The summed E-state index contributed by atoms with van der Waals surface area (Å²) in [6, 6.07) is 4.46. The summed E-state index contributed by atoms with van der Waals surface area (Å²) in [5.74, 6) is -0.460. The van der Waals surface area contributed by atoms with Crippen molar-refractivity contribution in [1.82, 2.24) is 4.90 Å². The fourth-order valence-corrected chi connectivity index (χ4v) is 2.44. The van der Waals surface area contributed by atoms with Crippen molar-refractivity contribution in [1.29, 1.82) is 0 Å². The number of aliphatic hydroxyl groups is 1. The maximum Gasteiger partial charge on any atom is 0.401 e. The Morgan fingerprint density at radius 1 is 1.19 bits per heavy atom. The monoisotopic (exact) mass is 306 g/mol. The van der Waals surface area contributed by atoms with Crippen molar-refractivity contribution in [3.05, 3.63) is 29.6 Å². The van der Waals surface area contributed by atoms with Gasteiger partial charge in [0.2, 0.25) is 0 Å². The second-order valence-corrected chi connectivity index (χ2v) is 5.27. The summed E-state index contributed by atoms with van der Waals surface area (Å²) in [4.78, 5) is 3.05. The molecule has 2 rings (SSSR count). The van der Waals surface area contributed by atoms with Crippen LogP contribution in [0.5, 0.6) is 0 Å². The molecular weight excluding hydrogens is 288 g/mol. The highest BCUT2D eigenvalue weighted by atomic mass is 19.4. The average Bonchev–Trinajstić information content (AvgIpc) is 2.38. The van der Waals surface area contributed by atoms with E-state index in [0.29, 0.717) is 24.3 Å². The van der Waals surface area contributed by atoms with Crippen molar-refractivity contribution in [2.75, 3.05) is 37.6 Å². The van der Waals surface area contributed by atoms with Crippen LogP contribution in [0.1, 0.15) is 18.6 Å². The van der Waals surface area contributed by atoms with Crippen molar-refractivity contribution in [3.8, 4) is 0 Å². The molecule has 21 heavy (non-hydrogen) atoms. The van der Waals surface area contributed by atoms with Gasteiger partial charge in [-0.3, -0.25) is 4.90 Å². The Kier molecular flexibility index (Phi) is 4.73. The number of anilines is 1. The summed E-state index contributed by atoms with van der Waals surface area (Å²) < 4.78 is 50.9. The van der Waals surface area contributed by atoms with Crippen molar-refractivity contribution in [3.63, 3.8) is 0 Å². The highest BCUT2D eigenvalue weighted by molar-refractivity contribution is 5.50. The normalized spacial score (nSPS) is 18.9. The summed E-state index contributed by atoms with van der Waals surface area (Å²) in [6.45, 7) is 1.81. The summed E-state index contributed by atoms with van der Waals surface area (Å²) in [7, 11) is 0. The van der Waals surface area contributed by atoms with Gasteiger partial charge in [-0.25, -0.2) is 4.39 Å². The maximum atomic E-state index is 14.0. The molecule has 1 heterocycles. The number of nitrogens with zero attached hydrogens (tertiary/aromatic N) is 2. The molecule has 0 saturated carbocycles. The maximum absolute atomic E-state index is 14.0. The van der Waals surface area contributed by atoms with E-state index in [1.807, 2.05) is 0 Å². The zero-order chi connectivity index (χ0) is 15.6. The molecule has 1 aromatic carbocycles. The number of piperazine rings is 1. The molecule has 7 heteroatoms. The molecule has 1 fully saturated rings. The average molecular weight is 306 g/mol. The van der Waals surface area contributed by atoms with Crippen LogP contribution in [0, 0.1) is 5.82 Å². The Morgan fingerprint density at radius 2 is 1.81 bits per heavy atom. The van der Waals surface area contributed by atoms with Crippen LogP contribution in [0.25, 0.3) is 0 Å². The number of benzene rings is 1. The van der Waals surface area contributed by atoms with Crippen LogP contribution in [0.2, 0.25) is 0 Å². The third-order valence-electron chi connectivity index (χ3n) is 3.57. The first-order valence-electron chi connectivity index (χ1n) is 6.78. The first-order valence-corrected chi connectivity index (χ1v) is 6.78. The second-order valence-electron chi connectivity index (χ2n) is 5.27. The first-order chi connectivity index (χ1) is 9.76. The molecule has 0 amide bonds. The highest BCUT2D eigenvalue weighted by Gasteiger charge is 2.32. The van der Waals surface area contributed by atoms with E-state index >= 15 is 0 Å². The molecule has 0 aromatic heterocycles. The quantitative estimate of drug-likeness (QED) is 0.870. The lowest BCUT2D eigenvalue weighted by molar-refractivity contribution is -0.146. The van der Waals surface area contributed by atoms with Crippen LogP contribution in [-0.2, 0) is 0 Å². The zero-order valence-electron chi connectivity index (χ0n) is 11.7. The van der Waals surface area contributed by atoms with E-state index in [4.69, 9.17) is 0 Å². The minimum atomic E-state index is -4.20. The van der Waals surface area contributed by atoms with Gasteiger partial charge in [-0.1, -0.05) is 6.07 Å². The van der Waals surface area contributed by atoms with Crippen molar-refractivity contribution in [2.24, 2.45) is 0 Å². The largest absolute Gasteiger partial charge is 0.401 e. The summed E-state index contributed by atoms with van der Waals surface area (Å²) >= 11 is 0. The van der Waals surface area contributed by atoms with Gasteiger partial charge in [0.1, 0.15) is 5.82 Å². The molecular formula is C14H18F4N2O. The SMILES string of the molecule is C[C@@H](O)c1ccc(N2CCN(CC(F)(F)F)CC2)c(F)c1. The number of hydrogen-bond acceptors (Lipinski definition) is 3. The van der Waals surface area contributed by atoms with Crippen LogP contribution in [-0.4, -0.2) is 48.9 Å². The van der Waals surface area contributed by atoms with Gasteiger partial charge < -0.3 is 10.0 Å². The Morgan fingerprint density at radius 3 is 2.29 bits per heavy atom. The van der Waals surface area contributed by atoms with Gasteiger partial charge in [0.15, 0.2) is 0 Å². The van der Waals surface area contributed by atoms with Crippen molar-refractivity contribution >= 4 is 5.69 Å². The molecule has 0 bridgehead atoms. The molecule has 0 aliphatic carbocycles. The van der Waals surface area contributed by atoms with E-state index in [9.17, 15) is 22.7 Å². The minimum Gasteiger partial charge on any atom is -0.389 e. The summed E-state index contributed by atoms with van der Waals surface area (Å²) in [5.41, 5.74) is 0.845. The smallest absolute Gasteiger partial charge is 0.389 e. The third kappa shape index (κ3) is 4.31. The van der Waals surface area contributed by atoms with Crippen molar-refractivity contribution in [2.45, 2.75) is 19.2 Å². The predicted octanol–water partition coefficient (Wildman–Crippen LogP) is 2.56. The highest BCUT2D eigenvalue weighted by Crippen LogP contribution is 2.25.